The molecule has 9 nitrogen and oxygen atoms in total. The maximum Gasteiger partial charge on any atom is 0.269 e. The Morgan fingerprint density at radius 3 is 2.77 bits per heavy atom. The fourth-order valence-electron chi connectivity index (χ4n) is 4.29. The maximum absolute atomic E-state index is 12.9. The first kappa shape index (κ1) is 22.9. The van der Waals surface area contributed by atoms with Gasteiger partial charge in [-0.3, -0.25) is 19.4 Å². The van der Waals surface area contributed by atoms with Crippen molar-refractivity contribution < 1.29 is 14.3 Å². The maximum atomic E-state index is 12.9. The van der Waals surface area contributed by atoms with Crippen molar-refractivity contribution >= 4 is 22.5 Å². The Morgan fingerprint density at radius 2 is 2.00 bits per heavy atom. The number of aromatic nitrogens is 4. The molecule has 0 radical (unpaired) electrons. The molecule has 1 aliphatic rings. The van der Waals surface area contributed by atoms with Crippen molar-refractivity contribution in [2.45, 2.75) is 19.3 Å². The molecular formula is C25H26FN7O2. The number of alkyl halides is 1. The normalized spacial score (nSPS) is 14.5. The quantitative estimate of drug-likeness (QED) is 0.353. The number of rotatable bonds is 7. The van der Waals surface area contributed by atoms with Crippen molar-refractivity contribution in [3.63, 3.8) is 0 Å². The molecule has 1 amide bonds. The van der Waals surface area contributed by atoms with Crippen molar-refractivity contribution in [1.82, 2.24) is 30.0 Å². The van der Waals surface area contributed by atoms with E-state index >= 15 is 0 Å². The zero-order valence-electron chi connectivity index (χ0n) is 19.3. The molecule has 0 saturated heterocycles. The van der Waals surface area contributed by atoms with Crippen LogP contribution in [-0.4, -0.2) is 62.5 Å². The van der Waals surface area contributed by atoms with E-state index in [1.807, 2.05) is 29.1 Å². The first-order valence-corrected chi connectivity index (χ1v) is 11.4. The van der Waals surface area contributed by atoms with Gasteiger partial charge in [0.2, 0.25) is 0 Å². The molecule has 1 atom stereocenters. The van der Waals surface area contributed by atoms with E-state index in [4.69, 9.17) is 0 Å². The fraction of sp³-hybridized carbons (Fsp3) is 0.280. The SMILES string of the molecule is CNC(=O)c1ccc(C(O)Nc2cc3cc(-c4cnn5c4CN(CCF)CC5)ccc3cn2)cn1. The van der Waals surface area contributed by atoms with Crippen LogP contribution in [0.1, 0.15) is 28.0 Å². The summed E-state index contributed by atoms with van der Waals surface area (Å²) in [5.74, 6) is 0.212. The van der Waals surface area contributed by atoms with Crippen molar-refractivity contribution in [2.24, 2.45) is 0 Å². The van der Waals surface area contributed by atoms with Crippen LogP contribution in [0.3, 0.4) is 0 Å². The number of anilines is 1. The van der Waals surface area contributed by atoms with Crippen LogP contribution in [0.15, 0.2) is 55.0 Å². The molecule has 5 rings (SSSR count). The molecule has 3 aromatic heterocycles. The van der Waals surface area contributed by atoms with E-state index < -0.39 is 6.23 Å². The van der Waals surface area contributed by atoms with E-state index in [0.717, 1.165) is 40.7 Å². The largest absolute Gasteiger partial charge is 0.369 e. The van der Waals surface area contributed by atoms with E-state index in [1.54, 1.807) is 18.3 Å². The third-order valence-corrected chi connectivity index (χ3v) is 6.23. The summed E-state index contributed by atoms with van der Waals surface area (Å²) in [5, 5.41) is 22.5. The van der Waals surface area contributed by atoms with Gasteiger partial charge in [-0.25, -0.2) is 9.37 Å². The zero-order valence-corrected chi connectivity index (χ0v) is 19.3. The summed E-state index contributed by atoms with van der Waals surface area (Å²) < 4.78 is 14.9. The summed E-state index contributed by atoms with van der Waals surface area (Å²) in [7, 11) is 1.54. The number of carbonyl (C=O) groups excluding carboxylic acids is 1. The van der Waals surface area contributed by atoms with Gasteiger partial charge in [-0.05, 0) is 29.1 Å². The second kappa shape index (κ2) is 9.77. The van der Waals surface area contributed by atoms with Crippen molar-refractivity contribution in [3.05, 3.63) is 71.9 Å². The van der Waals surface area contributed by atoms with Crippen molar-refractivity contribution in [3.8, 4) is 11.1 Å². The molecule has 0 bridgehead atoms. The highest BCUT2D eigenvalue weighted by Gasteiger charge is 2.21. The standard InChI is InChI=1S/C25H26FN7O2/c1-27-25(35)21-5-4-18(13-28-21)24(34)31-23-11-19-10-16(2-3-17(19)12-29-23)20-14-30-33-9-8-32(7-6-26)15-22(20)33/h2-5,10-14,24,34H,6-9,15H2,1H3,(H,27,35)(H,29,31). The monoisotopic (exact) mass is 475 g/mol. The minimum atomic E-state index is -1.04. The second-order valence-corrected chi connectivity index (χ2v) is 8.43. The van der Waals surface area contributed by atoms with Crippen LogP contribution in [0, 0.1) is 0 Å². The molecule has 35 heavy (non-hydrogen) atoms. The number of halogens is 1. The van der Waals surface area contributed by atoms with E-state index in [0.29, 0.717) is 24.5 Å². The Hall–Kier alpha value is -3.89. The molecule has 0 fully saturated rings. The third kappa shape index (κ3) is 4.71. The van der Waals surface area contributed by atoms with Crippen LogP contribution in [0.5, 0.6) is 0 Å². The molecule has 4 heterocycles. The molecule has 10 heteroatoms. The Bertz CT molecular complexity index is 1360. The average Bonchev–Trinajstić information content (AvgIpc) is 3.31. The number of benzene rings is 1. The first-order valence-electron chi connectivity index (χ1n) is 11.4. The molecule has 3 N–H and O–H groups in total. The number of nitrogens with zero attached hydrogens (tertiary/aromatic N) is 5. The topological polar surface area (TPSA) is 108 Å². The number of hydrogen-bond donors (Lipinski definition) is 3. The first-order chi connectivity index (χ1) is 17.1. The second-order valence-electron chi connectivity index (χ2n) is 8.43. The predicted molar refractivity (Wildman–Crippen MR) is 130 cm³/mol. The van der Waals surface area contributed by atoms with Gasteiger partial charge < -0.3 is 15.7 Å². The molecule has 1 aromatic carbocycles. The highest BCUT2D eigenvalue weighted by Crippen LogP contribution is 2.30. The van der Waals surface area contributed by atoms with Gasteiger partial charge in [-0.2, -0.15) is 5.10 Å². The predicted octanol–water partition coefficient (Wildman–Crippen LogP) is 2.74. The lowest BCUT2D eigenvalue weighted by Gasteiger charge is -2.27. The Labute approximate surface area is 201 Å². The number of carbonyl (C=O) groups is 1. The van der Waals surface area contributed by atoms with Crippen LogP contribution in [-0.2, 0) is 13.1 Å². The molecule has 180 valence electrons. The summed E-state index contributed by atoms with van der Waals surface area (Å²) >= 11 is 0. The Balaban J connectivity index is 1.38. The number of aliphatic hydroxyl groups is 1. The highest BCUT2D eigenvalue weighted by molar-refractivity contribution is 5.92. The summed E-state index contributed by atoms with van der Waals surface area (Å²) in [6.45, 7) is 2.28. The lowest BCUT2D eigenvalue weighted by Crippen LogP contribution is -2.35. The summed E-state index contributed by atoms with van der Waals surface area (Å²) in [5.41, 5.74) is 3.92. The van der Waals surface area contributed by atoms with Gasteiger partial charge in [-0.15, -0.1) is 0 Å². The van der Waals surface area contributed by atoms with Crippen molar-refractivity contribution in [1.29, 1.82) is 0 Å². The van der Waals surface area contributed by atoms with E-state index in [-0.39, 0.29) is 18.3 Å². The highest BCUT2D eigenvalue weighted by atomic mass is 19.1. The number of pyridine rings is 2. The van der Waals surface area contributed by atoms with Gasteiger partial charge in [0, 0.05) is 55.6 Å². The molecule has 0 aliphatic carbocycles. The van der Waals surface area contributed by atoms with Gasteiger partial charge in [0.1, 0.15) is 18.2 Å². The van der Waals surface area contributed by atoms with Crippen molar-refractivity contribution in [2.75, 3.05) is 32.1 Å². The van der Waals surface area contributed by atoms with E-state index in [1.165, 1.54) is 13.2 Å². The summed E-state index contributed by atoms with van der Waals surface area (Å²) in [4.78, 5) is 22.3. The molecule has 0 spiro atoms. The van der Waals surface area contributed by atoms with Gasteiger partial charge in [0.15, 0.2) is 6.23 Å². The molecule has 4 aromatic rings. The Morgan fingerprint density at radius 1 is 1.11 bits per heavy atom. The minimum absolute atomic E-state index is 0.273. The lowest BCUT2D eigenvalue weighted by molar-refractivity contribution is 0.0958. The van der Waals surface area contributed by atoms with Gasteiger partial charge in [0.05, 0.1) is 18.4 Å². The Kier molecular flexibility index (Phi) is 6.39. The van der Waals surface area contributed by atoms with E-state index in [2.05, 4.69) is 36.7 Å². The van der Waals surface area contributed by atoms with Crippen LogP contribution < -0.4 is 10.6 Å². The van der Waals surface area contributed by atoms with Crippen LogP contribution >= 0.6 is 0 Å². The van der Waals surface area contributed by atoms with Crippen LogP contribution in [0.25, 0.3) is 21.9 Å². The van der Waals surface area contributed by atoms with Crippen LogP contribution in [0.4, 0.5) is 10.2 Å². The number of nitrogens with one attached hydrogen (secondary N) is 2. The molecule has 0 saturated carbocycles. The van der Waals surface area contributed by atoms with E-state index in [9.17, 15) is 14.3 Å². The van der Waals surface area contributed by atoms with Gasteiger partial charge >= 0.3 is 0 Å². The summed E-state index contributed by atoms with van der Waals surface area (Å²) in [6, 6.07) is 11.2. The molecule has 1 unspecified atom stereocenters. The van der Waals surface area contributed by atoms with Crippen LogP contribution in [0.2, 0.25) is 0 Å². The molecule has 1 aliphatic heterocycles. The number of aliphatic hydroxyl groups excluding tert-OH is 1. The fourth-order valence-corrected chi connectivity index (χ4v) is 4.29. The average molecular weight is 476 g/mol. The number of hydrogen-bond acceptors (Lipinski definition) is 7. The zero-order chi connectivity index (χ0) is 24.4. The minimum Gasteiger partial charge on any atom is -0.369 e. The van der Waals surface area contributed by atoms with Gasteiger partial charge in [0.25, 0.3) is 5.91 Å². The number of fused-ring (bicyclic) bond motifs is 2. The third-order valence-electron chi connectivity index (χ3n) is 6.23. The lowest BCUT2D eigenvalue weighted by atomic mass is 10.0. The number of amides is 1. The van der Waals surface area contributed by atoms with Gasteiger partial charge in [-0.1, -0.05) is 18.2 Å². The smallest absolute Gasteiger partial charge is 0.269 e. The molecular weight excluding hydrogens is 449 g/mol. The summed E-state index contributed by atoms with van der Waals surface area (Å²) in [6.07, 6.45) is 4.03.